The molecule has 0 aliphatic carbocycles. The highest BCUT2D eigenvalue weighted by molar-refractivity contribution is 7.92. The third kappa shape index (κ3) is 4.03. The first-order valence-corrected chi connectivity index (χ1v) is 10.6. The van der Waals surface area contributed by atoms with E-state index in [2.05, 4.69) is 20.6 Å². The molecule has 2 aromatic heterocycles. The van der Waals surface area contributed by atoms with Crippen LogP contribution in [0, 0.1) is 0 Å². The number of benzene rings is 2. The first-order chi connectivity index (χ1) is 14.9. The highest BCUT2D eigenvalue weighted by Crippen LogP contribution is 2.23. The maximum atomic E-state index is 12.8. The number of carbonyl (C=O) groups excluding carboxylic acids is 1. The Bertz CT molecular complexity index is 1310. The number of para-hydroxylation sites is 1. The average Bonchev–Trinajstić information content (AvgIpc) is 3.42. The van der Waals surface area contributed by atoms with Crippen molar-refractivity contribution in [2.45, 2.75) is 4.90 Å². The zero-order valence-corrected chi connectivity index (χ0v) is 17.4. The van der Waals surface area contributed by atoms with Gasteiger partial charge in [0.1, 0.15) is 5.69 Å². The summed E-state index contributed by atoms with van der Waals surface area (Å²) in [7, 11) is -0.569. The fourth-order valence-corrected chi connectivity index (χ4v) is 4.04. The Morgan fingerprint density at radius 2 is 1.74 bits per heavy atom. The predicted octanol–water partition coefficient (Wildman–Crippen LogP) is 2.55. The van der Waals surface area contributed by atoms with Crippen molar-refractivity contribution in [2.75, 3.05) is 16.7 Å². The number of rotatable bonds is 6. The lowest BCUT2D eigenvalue weighted by Crippen LogP contribution is -2.26. The van der Waals surface area contributed by atoms with E-state index in [-0.39, 0.29) is 22.4 Å². The van der Waals surface area contributed by atoms with Crippen molar-refractivity contribution in [2.24, 2.45) is 7.05 Å². The molecule has 0 bridgehead atoms. The number of hydrogen-bond donors (Lipinski definition) is 1. The van der Waals surface area contributed by atoms with Crippen molar-refractivity contribution in [3.63, 3.8) is 0 Å². The molecule has 0 unspecified atom stereocenters. The minimum Gasteiger partial charge on any atom is -0.401 e. The second-order valence-corrected chi connectivity index (χ2v) is 8.51. The Balaban J connectivity index is 1.49. The maximum Gasteiger partial charge on any atom is 0.322 e. The predicted molar refractivity (Wildman–Crippen MR) is 113 cm³/mol. The third-order valence-electron chi connectivity index (χ3n) is 4.58. The van der Waals surface area contributed by atoms with Crippen molar-refractivity contribution >= 4 is 27.6 Å². The molecule has 0 spiro atoms. The number of nitrogens with zero attached hydrogens (tertiary/aromatic N) is 5. The van der Waals surface area contributed by atoms with Crippen LogP contribution in [0.25, 0.3) is 11.6 Å². The monoisotopic (exact) mass is 438 g/mol. The van der Waals surface area contributed by atoms with Crippen LogP contribution in [0.4, 0.5) is 11.7 Å². The molecule has 0 saturated heterocycles. The van der Waals surface area contributed by atoms with Crippen LogP contribution < -0.4 is 9.62 Å². The molecule has 0 aliphatic rings. The summed E-state index contributed by atoms with van der Waals surface area (Å²) in [6.45, 7) is 0. The molecule has 11 heteroatoms. The summed E-state index contributed by atoms with van der Waals surface area (Å²) in [5.74, 6) is -0.304. The van der Waals surface area contributed by atoms with Crippen LogP contribution in [0.15, 0.2) is 76.2 Å². The van der Waals surface area contributed by atoms with Gasteiger partial charge in [0, 0.05) is 25.9 Å². The lowest BCUT2D eigenvalue weighted by Gasteiger charge is -2.19. The van der Waals surface area contributed by atoms with Gasteiger partial charge in [-0.3, -0.25) is 19.1 Å². The number of nitrogens with one attached hydrogen (secondary N) is 1. The zero-order valence-electron chi connectivity index (χ0n) is 16.6. The zero-order chi connectivity index (χ0) is 22.0. The van der Waals surface area contributed by atoms with Gasteiger partial charge in [0.05, 0.1) is 10.6 Å². The fraction of sp³-hybridized carbons (Fsp3) is 0.100. The van der Waals surface area contributed by atoms with Crippen LogP contribution in [-0.4, -0.2) is 41.4 Å². The van der Waals surface area contributed by atoms with Gasteiger partial charge in [0.15, 0.2) is 0 Å². The highest BCUT2D eigenvalue weighted by atomic mass is 32.2. The molecule has 0 radical (unpaired) electrons. The molecule has 0 fully saturated rings. The van der Waals surface area contributed by atoms with Crippen LogP contribution >= 0.6 is 0 Å². The number of carbonyl (C=O) groups is 1. The molecule has 4 rings (SSSR count). The Morgan fingerprint density at radius 1 is 1.03 bits per heavy atom. The Hall–Kier alpha value is -3.99. The van der Waals surface area contributed by atoms with Crippen molar-refractivity contribution in [3.8, 4) is 11.6 Å². The van der Waals surface area contributed by atoms with Gasteiger partial charge < -0.3 is 4.42 Å². The van der Waals surface area contributed by atoms with Crippen molar-refractivity contribution in [1.29, 1.82) is 0 Å². The van der Waals surface area contributed by atoms with Gasteiger partial charge in [-0.25, -0.2) is 8.42 Å². The van der Waals surface area contributed by atoms with Crippen LogP contribution in [0.2, 0.25) is 0 Å². The third-order valence-corrected chi connectivity index (χ3v) is 6.38. The summed E-state index contributed by atoms with van der Waals surface area (Å²) in [4.78, 5) is 12.5. The molecule has 10 nitrogen and oxygen atoms in total. The molecule has 4 aromatic rings. The van der Waals surface area contributed by atoms with E-state index in [0.717, 1.165) is 0 Å². The van der Waals surface area contributed by atoms with E-state index < -0.39 is 15.9 Å². The van der Waals surface area contributed by atoms with Crippen molar-refractivity contribution in [3.05, 3.63) is 72.4 Å². The van der Waals surface area contributed by atoms with E-state index in [4.69, 9.17) is 4.42 Å². The second-order valence-electron chi connectivity index (χ2n) is 6.54. The normalized spacial score (nSPS) is 11.3. The lowest BCUT2D eigenvalue weighted by molar-refractivity contribution is 0.102. The first kappa shape index (κ1) is 20.3. The molecule has 2 aromatic carbocycles. The highest BCUT2D eigenvalue weighted by Gasteiger charge is 2.22. The van der Waals surface area contributed by atoms with Gasteiger partial charge in [0.2, 0.25) is 0 Å². The number of sulfonamides is 1. The number of anilines is 2. The topological polar surface area (TPSA) is 123 Å². The van der Waals surface area contributed by atoms with E-state index in [9.17, 15) is 13.2 Å². The van der Waals surface area contributed by atoms with Crippen molar-refractivity contribution < 1.29 is 17.6 Å². The SMILES string of the molecule is CN(c1ccccc1)S(=O)(=O)c1ccc(C(=O)Nc2nnc(-c3ccnn3C)o2)cc1. The standard InChI is InChI=1S/C20H18N6O4S/c1-25-17(12-13-21-25)19-23-24-20(30-19)22-18(27)14-8-10-16(11-9-14)31(28,29)26(2)15-6-4-3-5-7-15/h3-13H,1-2H3,(H,22,24,27). The molecule has 158 valence electrons. The van der Waals surface area contributed by atoms with E-state index in [1.165, 1.54) is 35.6 Å². The van der Waals surface area contributed by atoms with Crippen LogP contribution in [0.1, 0.15) is 10.4 Å². The molecule has 1 N–H and O–H groups in total. The van der Waals surface area contributed by atoms with E-state index >= 15 is 0 Å². The van der Waals surface area contributed by atoms with Crippen LogP contribution in [-0.2, 0) is 17.1 Å². The van der Waals surface area contributed by atoms with Crippen LogP contribution in [0.5, 0.6) is 0 Å². The summed E-state index contributed by atoms with van der Waals surface area (Å²) in [5, 5.41) is 14.2. The smallest absolute Gasteiger partial charge is 0.322 e. The minimum absolute atomic E-state index is 0.0617. The number of aryl methyl sites for hydroxylation is 1. The van der Waals surface area contributed by atoms with E-state index in [1.54, 1.807) is 54.3 Å². The average molecular weight is 438 g/mol. The molecular formula is C20H18N6O4S. The number of aromatic nitrogens is 4. The quantitative estimate of drug-likeness (QED) is 0.491. The second kappa shape index (κ2) is 8.03. The first-order valence-electron chi connectivity index (χ1n) is 9.13. The van der Waals surface area contributed by atoms with E-state index in [1.807, 2.05) is 0 Å². The summed E-state index contributed by atoms with van der Waals surface area (Å²) in [6.07, 6.45) is 1.59. The van der Waals surface area contributed by atoms with Crippen molar-refractivity contribution in [1.82, 2.24) is 20.0 Å². The van der Waals surface area contributed by atoms with Gasteiger partial charge >= 0.3 is 6.01 Å². The fourth-order valence-electron chi connectivity index (χ4n) is 2.84. The molecule has 0 aliphatic heterocycles. The number of amides is 1. The number of hydrogen-bond acceptors (Lipinski definition) is 7. The summed E-state index contributed by atoms with van der Waals surface area (Å²) in [5.41, 5.74) is 1.37. The largest absolute Gasteiger partial charge is 0.401 e. The maximum absolute atomic E-state index is 12.8. The molecule has 0 atom stereocenters. The summed E-state index contributed by atoms with van der Waals surface area (Å²) in [6, 6.07) is 15.9. The molecule has 1 amide bonds. The molecular weight excluding hydrogens is 420 g/mol. The van der Waals surface area contributed by atoms with Gasteiger partial charge in [-0.1, -0.05) is 23.3 Å². The Kier molecular flexibility index (Phi) is 5.26. The Morgan fingerprint density at radius 3 is 2.39 bits per heavy atom. The van der Waals surface area contributed by atoms with Gasteiger partial charge in [-0.15, -0.1) is 5.10 Å². The molecule has 2 heterocycles. The minimum atomic E-state index is -3.77. The van der Waals surface area contributed by atoms with Gasteiger partial charge in [-0.05, 0) is 42.5 Å². The Labute approximate surface area is 178 Å². The summed E-state index contributed by atoms with van der Waals surface area (Å²) < 4.78 is 33.8. The van der Waals surface area contributed by atoms with Gasteiger partial charge in [0.25, 0.3) is 21.8 Å². The lowest BCUT2D eigenvalue weighted by atomic mass is 10.2. The van der Waals surface area contributed by atoms with Gasteiger partial charge in [-0.2, -0.15) is 5.10 Å². The van der Waals surface area contributed by atoms with E-state index in [0.29, 0.717) is 11.4 Å². The molecule has 31 heavy (non-hydrogen) atoms. The molecule has 0 saturated carbocycles. The summed E-state index contributed by atoms with van der Waals surface area (Å²) >= 11 is 0. The van der Waals surface area contributed by atoms with Crippen LogP contribution in [0.3, 0.4) is 0 Å².